The van der Waals surface area contributed by atoms with Crippen LogP contribution in [0.1, 0.15) is 6.42 Å². The molecule has 2 aromatic rings. The molecule has 1 aromatic heterocycles. The van der Waals surface area contributed by atoms with Crippen LogP contribution < -0.4 is 5.32 Å². The minimum atomic E-state index is -0.946. The Labute approximate surface area is 113 Å². The van der Waals surface area contributed by atoms with Gasteiger partial charge in [0.25, 0.3) is 0 Å². The predicted molar refractivity (Wildman–Crippen MR) is 74.6 cm³/mol. The summed E-state index contributed by atoms with van der Waals surface area (Å²) in [5.41, 5.74) is 0.960. The smallest absolute Gasteiger partial charge is 0.182 e. The average molecular weight is 289 g/mol. The van der Waals surface area contributed by atoms with E-state index < -0.39 is 10.8 Å². The van der Waals surface area contributed by atoms with Crippen LogP contribution in [0.25, 0.3) is 10.2 Å². The topological polar surface area (TPSA) is 42.0 Å². The van der Waals surface area contributed by atoms with E-state index >= 15 is 0 Å². The Bertz CT molecular complexity index is 504. The van der Waals surface area contributed by atoms with Crippen LogP contribution in [0.3, 0.4) is 0 Å². The van der Waals surface area contributed by atoms with Gasteiger partial charge in [-0.05, 0) is 25.1 Å². The minimum absolute atomic E-state index is 0. The van der Waals surface area contributed by atoms with Crippen LogP contribution in [0, 0.1) is 0 Å². The summed E-state index contributed by atoms with van der Waals surface area (Å²) < 4.78 is 14.1. The normalized spacial score (nSPS) is 21.3. The number of thiazole rings is 1. The van der Waals surface area contributed by atoms with Crippen molar-refractivity contribution < 1.29 is 4.21 Å². The number of hydrogen-bond donors (Lipinski definition) is 1. The Morgan fingerprint density at radius 2 is 2.24 bits per heavy atom. The summed E-state index contributed by atoms with van der Waals surface area (Å²) in [5.74, 6) is 0. The Kier molecular flexibility index (Phi) is 4.14. The van der Waals surface area contributed by atoms with Crippen molar-refractivity contribution in [3.8, 4) is 0 Å². The molecule has 1 aliphatic rings. The summed E-state index contributed by atoms with van der Waals surface area (Å²) in [4.78, 5) is 4.45. The van der Waals surface area contributed by atoms with Gasteiger partial charge in [-0.25, -0.2) is 4.98 Å². The summed E-state index contributed by atoms with van der Waals surface area (Å²) in [5, 5.41) is 3.48. The molecule has 0 amide bonds. The Morgan fingerprint density at radius 3 is 2.94 bits per heavy atom. The highest BCUT2D eigenvalue weighted by Gasteiger charge is 2.24. The Hall–Kier alpha value is -0.490. The number of nitrogens with zero attached hydrogens (tertiary/aromatic N) is 1. The van der Waals surface area contributed by atoms with Crippen LogP contribution in [0.15, 0.2) is 28.6 Å². The zero-order valence-corrected chi connectivity index (χ0v) is 11.5. The number of nitrogens with one attached hydrogen (secondary N) is 1. The summed E-state index contributed by atoms with van der Waals surface area (Å²) in [7, 11) is -0.946. The molecule has 1 fully saturated rings. The van der Waals surface area contributed by atoms with Crippen molar-refractivity contribution in [2.24, 2.45) is 0 Å². The number of hydrogen-bond acceptors (Lipinski definition) is 4. The summed E-state index contributed by atoms with van der Waals surface area (Å²) in [6.45, 7) is 1.82. The number of aromatic nitrogens is 1. The van der Waals surface area contributed by atoms with E-state index in [0.717, 1.165) is 34.1 Å². The molecule has 6 heteroatoms. The lowest BCUT2D eigenvalue weighted by Crippen LogP contribution is -2.18. The first kappa shape index (κ1) is 13.0. The molecule has 17 heavy (non-hydrogen) atoms. The van der Waals surface area contributed by atoms with Gasteiger partial charge in [0, 0.05) is 6.54 Å². The van der Waals surface area contributed by atoms with Gasteiger partial charge in [-0.3, -0.25) is 4.21 Å². The zero-order chi connectivity index (χ0) is 11.0. The van der Waals surface area contributed by atoms with Gasteiger partial charge in [-0.15, -0.1) is 23.7 Å². The number of fused-ring (bicyclic) bond motifs is 1. The van der Waals surface area contributed by atoms with Gasteiger partial charge in [0.15, 0.2) is 4.34 Å². The summed E-state index contributed by atoms with van der Waals surface area (Å²) >= 11 is 1.55. The molecule has 1 unspecified atom stereocenters. The van der Waals surface area contributed by atoms with Crippen molar-refractivity contribution in [3.05, 3.63) is 24.3 Å². The third-order valence-electron chi connectivity index (χ3n) is 2.76. The van der Waals surface area contributed by atoms with Gasteiger partial charge in [0.05, 0.1) is 26.3 Å². The van der Waals surface area contributed by atoms with Crippen molar-refractivity contribution >= 4 is 44.8 Å². The van der Waals surface area contributed by atoms with E-state index in [2.05, 4.69) is 10.3 Å². The van der Waals surface area contributed by atoms with Crippen LogP contribution in [0.4, 0.5) is 0 Å². The highest BCUT2D eigenvalue weighted by atomic mass is 35.5. The number of rotatable bonds is 2. The van der Waals surface area contributed by atoms with Gasteiger partial charge < -0.3 is 5.32 Å². The fourth-order valence-corrected chi connectivity index (χ4v) is 4.67. The molecule has 3 rings (SSSR count). The number of halogens is 1. The largest absolute Gasteiger partial charge is 0.315 e. The van der Waals surface area contributed by atoms with E-state index in [4.69, 9.17) is 0 Å². The average Bonchev–Trinajstić information content (AvgIpc) is 2.97. The lowest BCUT2D eigenvalue weighted by atomic mass is 10.3. The fourth-order valence-electron chi connectivity index (χ4n) is 1.89. The Balaban J connectivity index is 0.00000108. The molecular weight excluding hydrogens is 276 g/mol. The van der Waals surface area contributed by atoms with Gasteiger partial charge in [0.1, 0.15) is 0 Å². The summed E-state index contributed by atoms with van der Waals surface area (Å²) in [6, 6.07) is 7.95. The standard InChI is InChI=1S/C11H12N2OS2.ClH/c14-16(8-5-6-12-7-8)11-13-9-3-1-2-4-10(9)15-11;/h1-4,8,12H,5-7H2;1H/t8-,16?;/m0./s1. The maximum Gasteiger partial charge on any atom is 0.182 e. The number of benzene rings is 1. The monoisotopic (exact) mass is 288 g/mol. The van der Waals surface area contributed by atoms with Gasteiger partial charge >= 0.3 is 0 Å². The van der Waals surface area contributed by atoms with Crippen molar-refractivity contribution in [1.82, 2.24) is 10.3 Å². The van der Waals surface area contributed by atoms with Crippen molar-refractivity contribution in [2.75, 3.05) is 13.1 Å². The van der Waals surface area contributed by atoms with E-state index in [0.29, 0.717) is 0 Å². The van der Waals surface area contributed by atoms with E-state index in [1.54, 1.807) is 11.3 Å². The van der Waals surface area contributed by atoms with Crippen molar-refractivity contribution in [3.63, 3.8) is 0 Å². The van der Waals surface area contributed by atoms with Crippen molar-refractivity contribution in [1.29, 1.82) is 0 Å². The lowest BCUT2D eigenvalue weighted by Gasteiger charge is -2.03. The van der Waals surface area contributed by atoms with Crippen molar-refractivity contribution in [2.45, 2.75) is 16.0 Å². The molecule has 0 saturated carbocycles. The van der Waals surface area contributed by atoms with Crippen LogP contribution in [0.2, 0.25) is 0 Å². The fraction of sp³-hybridized carbons (Fsp3) is 0.364. The van der Waals surface area contributed by atoms with Gasteiger partial charge in [-0.1, -0.05) is 12.1 Å². The first-order valence-electron chi connectivity index (χ1n) is 5.31. The highest BCUT2D eigenvalue weighted by molar-refractivity contribution is 7.88. The van der Waals surface area contributed by atoms with E-state index in [1.165, 1.54) is 0 Å². The molecule has 1 saturated heterocycles. The quantitative estimate of drug-likeness (QED) is 0.921. The first-order valence-corrected chi connectivity index (χ1v) is 7.34. The molecule has 0 aliphatic carbocycles. The predicted octanol–water partition coefficient (Wildman–Crippen LogP) is 2.19. The van der Waals surface area contributed by atoms with E-state index in [1.807, 2.05) is 24.3 Å². The SMILES string of the molecule is Cl.O=S(c1nc2ccccc2s1)[C@H]1CCNC1. The molecule has 1 aliphatic heterocycles. The second-order valence-electron chi connectivity index (χ2n) is 3.86. The lowest BCUT2D eigenvalue weighted by molar-refractivity contribution is 0.672. The third-order valence-corrected chi connectivity index (χ3v) is 5.78. The molecule has 2 heterocycles. The minimum Gasteiger partial charge on any atom is -0.315 e. The van der Waals surface area contributed by atoms with Crippen LogP contribution >= 0.6 is 23.7 Å². The van der Waals surface area contributed by atoms with Crippen LogP contribution in [-0.2, 0) is 10.8 Å². The molecule has 1 aromatic carbocycles. The number of para-hydroxylation sites is 1. The zero-order valence-electron chi connectivity index (χ0n) is 9.09. The first-order chi connectivity index (χ1) is 7.84. The van der Waals surface area contributed by atoms with Crippen LogP contribution in [0.5, 0.6) is 0 Å². The molecule has 0 spiro atoms. The third kappa shape index (κ3) is 2.52. The molecule has 0 bridgehead atoms. The van der Waals surface area contributed by atoms with Gasteiger partial charge in [-0.2, -0.15) is 0 Å². The molecule has 3 nitrogen and oxygen atoms in total. The molecule has 92 valence electrons. The van der Waals surface area contributed by atoms with Gasteiger partial charge in [0.2, 0.25) is 0 Å². The molecule has 0 radical (unpaired) electrons. The second-order valence-corrected chi connectivity index (χ2v) is 6.80. The van der Waals surface area contributed by atoms with E-state index in [9.17, 15) is 4.21 Å². The second kappa shape index (κ2) is 5.44. The van der Waals surface area contributed by atoms with Crippen LogP contribution in [-0.4, -0.2) is 27.5 Å². The molecule has 1 N–H and O–H groups in total. The maximum absolute atomic E-state index is 12.2. The van der Waals surface area contributed by atoms with E-state index in [-0.39, 0.29) is 17.7 Å². The molecule has 2 atom stereocenters. The maximum atomic E-state index is 12.2. The highest BCUT2D eigenvalue weighted by Crippen LogP contribution is 2.26. The Morgan fingerprint density at radius 1 is 1.41 bits per heavy atom. The summed E-state index contributed by atoms with van der Waals surface area (Å²) in [6.07, 6.45) is 0.989. The molecular formula is C11H13ClN2OS2.